The van der Waals surface area contributed by atoms with E-state index in [0.29, 0.717) is 19.3 Å². The number of carbonyl (C=O) groups excluding carboxylic acids is 3. The lowest BCUT2D eigenvalue weighted by atomic mass is 9.98. The van der Waals surface area contributed by atoms with E-state index in [2.05, 4.69) is 57.2 Å². The number of hydrogen-bond donors (Lipinski definition) is 3. The Morgan fingerprint density at radius 1 is 0.440 bits per heavy atom. The quantitative estimate of drug-likeness (QED) is 0.0228. The van der Waals surface area contributed by atoms with Gasteiger partial charge in [0, 0.05) is 19.3 Å². The molecule has 3 N–H and O–H groups in total. The van der Waals surface area contributed by atoms with Gasteiger partial charge in [-0.25, -0.2) is 4.79 Å². The van der Waals surface area contributed by atoms with Crippen LogP contribution in [-0.2, 0) is 42.9 Å². The molecule has 1 rings (SSSR count). The van der Waals surface area contributed by atoms with Gasteiger partial charge in [-0.05, 0) is 70.6 Å². The highest BCUT2D eigenvalue weighted by Crippen LogP contribution is 2.27. The molecule has 1 fully saturated rings. The number of carboxylic acid groups (broad SMARTS) is 1. The van der Waals surface area contributed by atoms with Crippen LogP contribution in [0.5, 0.6) is 0 Å². The first-order valence-corrected chi connectivity index (χ1v) is 31.0. The van der Waals surface area contributed by atoms with E-state index in [4.69, 9.17) is 23.7 Å². The molecule has 75 heavy (non-hydrogen) atoms. The van der Waals surface area contributed by atoms with E-state index >= 15 is 0 Å². The fourth-order valence-corrected chi connectivity index (χ4v) is 9.38. The molecule has 0 amide bonds. The first kappa shape index (κ1) is 70.0. The van der Waals surface area contributed by atoms with E-state index in [1.54, 1.807) is 0 Å². The lowest BCUT2D eigenvalue weighted by Gasteiger charge is -2.40. The van der Waals surface area contributed by atoms with Gasteiger partial charge in [0.15, 0.2) is 24.6 Å². The first-order chi connectivity index (χ1) is 36.6. The highest BCUT2D eigenvalue weighted by atomic mass is 16.7. The maximum absolute atomic E-state index is 13.1. The van der Waals surface area contributed by atoms with Crippen LogP contribution in [0.25, 0.3) is 0 Å². The van der Waals surface area contributed by atoms with Crippen molar-refractivity contribution in [1.29, 1.82) is 0 Å². The van der Waals surface area contributed by atoms with Crippen molar-refractivity contribution in [2.24, 2.45) is 0 Å². The molecular formula is C63H112O12. The van der Waals surface area contributed by atoms with Gasteiger partial charge in [-0.2, -0.15) is 0 Å². The predicted octanol–water partition coefficient (Wildman–Crippen LogP) is 16.0. The van der Waals surface area contributed by atoms with E-state index in [0.717, 1.165) is 96.3 Å². The molecule has 0 aromatic rings. The van der Waals surface area contributed by atoms with Gasteiger partial charge in [-0.3, -0.25) is 14.4 Å². The second-order valence-electron chi connectivity index (χ2n) is 21.3. The smallest absolute Gasteiger partial charge is 0.335 e. The zero-order chi connectivity index (χ0) is 54.7. The van der Waals surface area contributed by atoms with Gasteiger partial charge >= 0.3 is 23.9 Å². The number of aliphatic hydroxyl groups excluding tert-OH is 2. The van der Waals surface area contributed by atoms with Crippen molar-refractivity contribution in [2.75, 3.05) is 13.2 Å². The number of aliphatic carboxylic acids is 1. The Hall–Kier alpha value is -3.06. The van der Waals surface area contributed by atoms with Crippen LogP contribution in [-0.4, -0.2) is 89.2 Å². The number of hydrogen-bond acceptors (Lipinski definition) is 11. The molecule has 0 saturated carbocycles. The maximum Gasteiger partial charge on any atom is 0.335 e. The van der Waals surface area contributed by atoms with E-state index in [9.17, 15) is 34.5 Å². The summed E-state index contributed by atoms with van der Waals surface area (Å²) in [4.78, 5) is 51.1. The zero-order valence-electron chi connectivity index (χ0n) is 48.1. The standard InChI is InChI=1S/C63H112O12/c1-4-7-10-13-16-19-22-24-26-27-28-29-31-33-36-39-42-45-48-51-57(66)74-61-59(68)58(67)60(62(69)70)75-63(61)72-53-54(73-56(65)50-47-44-41-38-34-21-18-15-12-9-6-3)52-71-55(64)49-46-43-40-37-35-32-30-25-23-20-17-14-11-8-5-2/h15-16,18-19,24,26,54,58-61,63,67-68H,4-14,17,20-23,25,27-53H2,1-3H3,(H,69,70)/b18-15-,19-16-,26-24-. The molecule has 6 unspecified atom stereocenters. The second kappa shape index (κ2) is 51.7. The fourth-order valence-electron chi connectivity index (χ4n) is 9.38. The fraction of sp³-hybridized carbons (Fsp3) is 0.841. The Morgan fingerprint density at radius 2 is 0.813 bits per heavy atom. The second-order valence-corrected chi connectivity index (χ2v) is 21.3. The van der Waals surface area contributed by atoms with E-state index in [1.807, 2.05) is 0 Å². The zero-order valence-corrected chi connectivity index (χ0v) is 48.1. The topological polar surface area (TPSA) is 175 Å². The van der Waals surface area contributed by atoms with Crippen LogP contribution in [0.3, 0.4) is 0 Å². The Bertz CT molecular complexity index is 1450. The average molecular weight is 1060 g/mol. The van der Waals surface area contributed by atoms with Gasteiger partial charge in [-0.15, -0.1) is 0 Å². The molecule has 1 saturated heterocycles. The van der Waals surface area contributed by atoms with Crippen molar-refractivity contribution in [3.05, 3.63) is 36.5 Å². The molecule has 12 nitrogen and oxygen atoms in total. The van der Waals surface area contributed by atoms with E-state index in [-0.39, 0.29) is 25.9 Å². The molecule has 1 aliphatic rings. The molecule has 0 radical (unpaired) electrons. The van der Waals surface area contributed by atoms with Crippen LogP contribution in [0.1, 0.15) is 290 Å². The summed E-state index contributed by atoms with van der Waals surface area (Å²) >= 11 is 0. The third-order valence-corrected chi connectivity index (χ3v) is 14.2. The van der Waals surface area contributed by atoms with Crippen molar-refractivity contribution in [1.82, 2.24) is 0 Å². The number of esters is 3. The number of carbonyl (C=O) groups is 4. The summed E-state index contributed by atoms with van der Waals surface area (Å²) in [5.41, 5.74) is 0. The third-order valence-electron chi connectivity index (χ3n) is 14.2. The van der Waals surface area contributed by atoms with Gasteiger partial charge < -0.3 is 39.0 Å². The molecule has 436 valence electrons. The molecule has 1 aliphatic heterocycles. The van der Waals surface area contributed by atoms with E-state index in [1.165, 1.54) is 135 Å². The van der Waals surface area contributed by atoms with Crippen LogP contribution in [0.2, 0.25) is 0 Å². The summed E-state index contributed by atoms with van der Waals surface area (Å²) in [5.74, 6) is -3.11. The van der Waals surface area contributed by atoms with Crippen molar-refractivity contribution in [3.8, 4) is 0 Å². The van der Waals surface area contributed by atoms with Crippen molar-refractivity contribution in [3.63, 3.8) is 0 Å². The van der Waals surface area contributed by atoms with Crippen molar-refractivity contribution < 1.29 is 58.2 Å². The number of allylic oxidation sites excluding steroid dienone is 6. The highest BCUT2D eigenvalue weighted by Gasteiger charge is 2.50. The van der Waals surface area contributed by atoms with Crippen molar-refractivity contribution >= 4 is 23.9 Å². The Balaban J connectivity index is 2.63. The van der Waals surface area contributed by atoms with Gasteiger partial charge in [0.25, 0.3) is 0 Å². The van der Waals surface area contributed by atoms with Crippen LogP contribution in [0.4, 0.5) is 0 Å². The number of unbranched alkanes of at least 4 members (excludes halogenated alkanes) is 33. The van der Waals surface area contributed by atoms with Crippen LogP contribution >= 0.6 is 0 Å². The minimum Gasteiger partial charge on any atom is -0.479 e. The molecule has 1 heterocycles. The Labute approximate surface area is 457 Å². The minimum absolute atomic E-state index is 0.0577. The first-order valence-electron chi connectivity index (χ1n) is 31.0. The Kier molecular flexibility index (Phi) is 48.2. The summed E-state index contributed by atoms with van der Waals surface area (Å²) in [6, 6.07) is 0. The molecule has 12 heteroatoms. The van der Waals surface area contributed by atoms with Gasteiger partial charge in [0.05, 0.1) is 6.61 Å². The molecule has 0 bridgehead atoms. The van der Waals surface area contributed by atoms with Crippen LogP contribution < -0.4 is 0 Å². The molecule has 0 aromatic carbocycles. The third kappa shape index (κ3) is 41.7. The predicted molar refractivity (Wildman–Crippen MR) is 303 cm³/mol. The lowest BCUT2D eigenvalue weighted by Crippen LogP contribution is -2.61. The molecule has 0 spiro atoms. The van der Waals surface area contributed by atoms with Crippen LogP contribution in [0, 0.1) is 0 Å². The number of carboxylic acids is 1. The normalized spacial score (nSPS) is 18.3. The monoisotopic (exact) mass is 1060 g/mol. The number of ether oxygens (including phenoxy) is 5. The number of aliphatic hydroxyl groups is 2. The van der Waals surface area contributed by atoms with Crippen LogP contribution in [0.15, 0.2) is 36.5 Å². The van der Waals surface area contributed by atoms with Crippen molar-refractivity contribution in [2.45, 2.75) is 327 Å². The van der Waals surface area contributed by atoms with E-state index < -0.39 is 67.3 Å². The summed E-state index contributed by atoms with van der Waals surface area (Å²) < 4.78 is 28.5. The highest BCUT2D eigenvalue weighted by molar-refractivity contribution is 5.74. The minimum atomic E-state index is -1.90. The maximum atomic E-state index is 13.1. The van der Waals surface area contributed by atoms with Gasteiger partial charge in [-0.1, -0.05) is 237 Å². The lowest BCUT2D eigenvalue weighted by molar-refractivity contribution is -0.301. The molecular weight excluding hydrogens is 949 g/mol. The molecule has 6 atom stereocenters. The summed E-state index contributed by atoms with van der Waals surface area (Å²) in [6.45, 7) is 5.95. The summed E-state index contributed by atoms with van der Waals surface area (Å²) in [5, 5.41) is 31.5. The summed E-state index contributed by atoms with van der Waals surface area (Å²) in [7, 11) is 0. The summed E-state index contributed by atoms with van der Waals surface area (Å²) in [6.07, 6.45) is 48.2. The number of rotatable bonds is 53. The molecule has 0 aromatic heterocycles. The van der Waals surface area contributed by atoms with Gasteiger partial charge in [0.1, 0.15) is 18.8 Å². The largest absolute Gasteiger partial charge is 0.479 e. The SMILES string of the molecule is CCCC/C=C\CCCCCCCC(=O)OC(COC(=O)CCCCCCCCCCCCCCCCC)COC1OC(C(=O)O)C(O)C(O)C1OC(=O)CCCCCCCCCCC/C=C\C/C=C\CCCCC. The average Bonchev–Trinajstić information content (AvgIpc) is 3.39. The molecule has 0 aliphatic carbocycles. The Morgan fingerprint density at radius 3 is 1.28 bits per heavy atom. The van der Waals surface area contributed by atoms with Gasteiger partial charge in [0.2, 0.25) is 0 Å².